The second-order valence-electron chi connectivity index (χ2n) is 8.55. The van der Waals surface area contributed by atoms with Crippen LogP contribution in [0.2, 0.25) is 5.02 Å². The van der Waals surface area contributed by atoms with Crippen LogP contribution in [0, 0.1) is 13.8 Å². The summed E-state index contributed by atoms with van der Waals surface area (Å²) in [7, 11) is -2.53. The number of carbonyl (C=O) groups is 1. The molecule has 0 spiro atoms. The van der Waals surface area contributed by atoms with Crippen LogP contribution in [0.3, 0.4) is 0 Å². The Morgan fingerprint density at radius 1 is 0.868 bits per heavy atom. The monoisotopic (exact) mass is 550 g/mol. The number of hydrogen-bond acceptors (Lipinski definition) is 5. The number of halogens is 1. The van der Waals surface area contributed by atoms with E-state index in [1.165, 1.54) is 25.3 Å². The summed E-state index contributed by atoms with van der Waals surface area (Å²) in [5, 5.41) is 3.14. The molecule has 0 radical (unpaired) electrons. The molecule has 0 aromatic heterocycles. The number of amides is 1. The fourth-order valence-electron chi connectivity index (χ4n) is 3.81. The van der Waals surface area contributed by atoms with Gasteiger partial charge in [0.15, 0.2) is 17.2 Å². The Morgan fingerprint density at radius 2 is 1.53 bits per heavy atom. The minimum Gasteiger partial charge on any atom is -0.493 e. The second-order valence-corrected chi connectivity index (χ2v) is 10.9. The molecule has 0 bridgehead atoms. The van der Waals surface area contributed by atoms with E-state index in [4.69, 9.17) is 21.1 Å². The first-order valence-corrected chi connectivity index (χ1v) is 13.6. The quantitative estimate of drug-likeness (QED) is 0.254. The Bertz CT molecular complexity index is 1560. The van der Waals surface area contributed by atoms with Gasteiger partial charge in [0, 0.05) is 5.02 Å². The molecule has 4 aromatic carbocycles. The number of benzene rings is 4. The number of carbonyl (C=O) groups excluding carboxylic acids is 1. The fraction of sp³-hybridized carbons (Fsp3) is 0.138. The SMILES string of the molecule is COc1ccccc1Oc1ccc(Cl)cc1NC(=O)CN(c1ccccc1C)S(=O)(=O)c1ccc(C)cc1. The van der Waals surface area contributed by atoms with Crippen molar-refractivity contribution in [1.82, 2.24) is 0 Å². The predicted octanol–water partition coefficient (Wildman–Crippen LogP) is 6.59. The summed E-state index contributed by atoms with van der Waals surface area (Å²) in [4.78, 5) is 13.4. The Labute approximate surface area is 227 Å². The molecule has 1 N–H and O–H groups in total. The average molecular weight is 551 g/mol. The van der Waals surface area contributed by atoms with Gasteiger partial charge >= 0.3 is 0 Å². The number of methoxy groups -OCH3 is 1. The molecule has 0 aliphatic rings. The first kappa shape index (κ1) is 27.0. The molecule has 38 heavy (non-hydrogen) atoms. The summed E-state index contributed by atoms with van der Waals surface area (Å²) < 4.78 is 39.9. The Kier molecular flexibility index (Phi) is 8.24. The summed E-state index contributed by atoms with van der Waals surface area (Å²) in [6.07, 6.45) is 0. The van der Waals surface area contributed by atoms with Crippen LogP contribution in [0.5, 0.6) is 17.2 Å². The summed E-state index contributed by atoms with van der Waals surface area (Å²) in [6.45, 7) is 3.20. The molecule has 0 heterocycles. The summed E-state index contributed by atoms with van der Waals surface area (Å²) in [5.74, 6) is 0.693. The van der Waals surface area contributed by atoms with Crippen LogP contribution in [0.4, 0.5) is 11.4 Å². The number of rotatable bonds is 9. The van der Waals surface area contributed by atoms with Crippen molar-refractivity contribution in [3.05, 3.63) is 107 Å². The van der Waals surface area contributed by atoms with Crippen molar-refractivity contribution >= 4 is 38.9 Å². The number of hydrogen-bond donors (Lipinski definition) is 1. The lowest BCUT2D eigenvalue weighted by atomic mass is 10.2. The molecule has 7 nitrogen and oxygen atoms in total. The number of nitrogens with one attached hydrogen (secondary N) is 1. The number of anilines is 2. The molecule has 0 saturated carbocycles. The lowest BCUT2D eigenvalue weighted by Crippen LogP contribution is -2.38. The molecule has 4 rings (SSSR count). The highest BCUT2D eigenvalue weighted by atomic mass is 35.5. The molecule has 0 saturated heterocycles. The molecular formula is C29H27ClN2O5S. The third-order valence-corrected chi connectivity index (χ3v) is 7.79. The van der Waals surface area contributed by atoms with E-state index in [-0.39, 0.29) is 10.6 Å². The maximum absolute atomic E-state index is 13.7. The minimum absolute atomic E-state index is 0.0853. The topological polar surface area (TPSA) is 84.9 Å². The second kappa shape index (κ2) is 11.6. The van der Waals surface area contributed by atoms with Crippen molar-refractivity contribution in [1.29, 1.82) is 0 Å². The van der Waals surface area contributed by atoms with Crippen LogP contribution >= 0.6 is 11.6 Å². The van der Waals surface area contributed by atoms with Crippen molar-refractivity contribution in [2.24, 2.45) is 0 Å². The summed E-state index contributed by atoms with van der Waals surface area (Å²) >= 11 is 6.21. The summed E-state index contributed by atoms with van der Waals surface area (Å²) in [5.41, 5.74) is 2.32. The first-order valence-electron chi connectivity index (χ1n) is 11.7. The van der Waals surface area contributed by atoms with E-state index in [1.54, 1.807) is 67.6 Å². The van der Waals surface area contributed by atoms with Gasteiger partial charge in [0.1, 0.15) is 6.54 Å². The van der Waals surface area contributed by atoms with Crippen LogP contribution in [0.1, 0.15) is 11.1 Å². The number of para-hydroxylation sites is 3. The van der Waals surface area contributed by atoms with E-state index in [9.17, 15) is 13.2 Å². The number of sulfonamides is 1. The van der Waals surface area contributed by atoms with Crippen LogP contribution < -0.4 is 19.1 Å². The van der Waals surface area contributed by atoms with Crippen LogP contribution in [-0.2, 0) is 14.8 Å². The van der Waals surface area contributed by atoms with Gasteiger partial charge < -0.3 is 14.8 Å². The smallest absolute Gasteiger partial charge is 0.264 e. The zero-order valence-corrected chi connectivity index (χ0v) is 22.7. The van der Waals surface area contributed by atoms with Crippen molar-refractivity contribution in [2.75, 3.05) is 23.3 Å². The third kappa shape index (κ3) is 6.10. The van der Waals surface area contributed by atoms with E-state index < -0.39 is 22.5 Å². The number of ether oxygens (including phenoxy) is 2. The van der Waals surface area contributed by atoms with Crippen molar-refractivity contribution in [3.8, 4) is 17.2 Å². The number of aryl methyl sites for hydroxylation is 2. The molecule has 0 aliphatic carbocycles. The molecule has 0 atom stereocenters. The Morgan fingerprint density at radius 3 is 2.21 bits per heavy atom. The molecule has 4 aromatic rings. The maximum Gasteiger partial charge on any atom is 0.264 e. The Hall–Kier alpha value is -4.01. The summed E-state index contributed by atoms with van der Waals surface area (Å²) in [6, 6.07) is 25.4. The van der Waals surface area contributed by atoms with Gasteiger partial charge in [0.25, 0.3) is 10.0 Å². The largest absolute Gasteiger partial charge is 0.493 e. The highest BCUT2D eigenvalue weighted by Crippen LogP contribution is 2.36. The van der Waals surface area contributed by atoms with E-state index >= 15 is 0 Å². The lowest BCUT2D eigenvalue weighted by molar-refractivity contribution is -0.114. The van der Waals surface area contributed by atoms with Crippen molar-refractivity contribution < 1.29 is 22.7 Å². The molecule has 0 fully saturated rings. The third-order valence-electron chi connectivity index (χ3n) is 5.79. The van der Waals surface area contributed by atoms with Gasteiger partial charge in [-0.25, -0.2) is 8.42 Å². The van der Waals surface area contributed by atoms with Gasteiger partial charge in [0.05, 0.1) is 23.4 Å². The van der Waals surface area contributed by atoms with Gasteiger partial charge in [-0.15, -0.1) is 0 Å². The lowest BCUT2D eigenvalue weighted by Gasteiger charge is -2.26. The zero-order valence-electron chi connectivity index (χ0n) is 21.1. The minimum atomic E-state index is -4.06. The highest BCUT2D eigenvalue weighted by Gasteiger charge is 2.28. The average Bonchev–Trinajstić information content (AvgIpc) is 2.90. The van der Waals surface area contributed by atoms with Crippen LogP contribution in [0.25, 0.3) is 0 Å². The molecule has 0 aliphatic heterocycles. The van der Waals surface area contributed by atoms with E-state index in [2.05, 4.69) is 5.32 Å². The van der Waals surface area contributed by atoms with Gasteiger partial charge in [-0.2, -0.15) is 0 Å². The molecule has 196 valence electrons. The van der Waals surface area contributed by atoms with E-state index in [0.29, 0.717) is 33.5 Å². The van der Waals surface area contributed by atoms with Gasteiger partial charge in [0.2, 0.25) is 5.91 Å². The van der Waals surface area contributed by atoms with Crippen molar-refractivity contribution in [2.45, 2.75) is 18.7 Å². The maximum atomic E-state index is 13.7. The van der Waals surface area contributed by atoms with Crippen molar-refractivity contribution in [3.63, 3.8) is 0 Å². The van der Waals surface area contributed by atoms with Crippen LogP contribution in [-0.4, -0.2) is 28.0 Å². The van der Waals surface area contributed by atoms with Gasteiger partial charge in [-0.1, -0.05) is 59.6 Å². The van der Waals surface area contributed by atoms with E-state index in [1.807, 2.05) is 19.1 Å². The standard InChI is InChI=1S/C29H27ClN2O5S/c1-20-12-15-23(16-13-20)38(34,35)32(25-9-5-4-8-21(25)2)19-29(33)31-24-18-22(30)14-17-26(24)37-28-11-7-6-10-27(28)36-3/h4-18H,19H2,1-3H3,(H,31,33). The van der Waals surface area contributed by atoms with Gasteiger partial charge in [-0.05, 0) is 67.9 Å². The molecule has 1 amide bonds. The normalized spacial score (nSPS) is 11.1. The zero-order chi connectivity index (χ0) is 27.3. The molecule has 9 heteroatoms. The van der Waals surface area contributed by atoms with Gasteiger partial charge in [-0.3, -0.25) is 9.10 Å². The predicted molar refractivity (Wildman–Crippen MR) is 150 cm³/mol. The van der Waals surface area contributed by atoms with Crippen LogP contribution in [0.15, 0.2) is 95.9 Å². The number of nitrogens with zero attached hydrogens (tertiary/aromatic N) is 1. The highest BCUT2D eigenvalue weighted by molar-refractivity contribution is 7.92. The molecule has 0 unspecified atom stereocenters. The fourth-order valence-corrected chi connectivity index (χ4v) is 5.47. The Balaban J connectivity index is 1.66. The first-order chi connectivity index (χ1) is 18.2. The molecular weight excluding hydrogens is 524 g/mol. The van der Waals surface area contributed by atoms with E-state index in [0.717, 1.165) is 9.87 Å².